The Kier molecular flexibility index (Phi) is 8.82. The maximum Gasteiger partial charge on any atom is 0.406 e. The van der Waals surface area contributed by atoms with Crippen LogP contribution < -0.4 is 5.32 Å². The Morgan fingerprint density at radius 3 is 2.70 bits per heavy atom. The second-order valence-corrected chi connectivity index (χ2v) is 6.55. The predicted molar refractivity (Wildman–Crippen MR) is 107 cm³/mol. The van der Waals surface area contributed by atoms with E-state index in [9.17, 15) is 18.0 Å². The summed E-state index contributed by atoms with van der Waals surface area (Å²) in [6.07, 6.45) is 1.94. The average Bonchev–Trinajstić information content (AvgIpc) is 3.09. The van der Waals surface area contributed by atoms with E-state index in [1.54, 1.807) is 19.6 Å². The van der Waals surface area contributed by atoms with Crippen molar-refractivity contribution in [3.63, 3.8) is 0 Å². The van der Waals surface area contributed by atoms with E-state index in [0.29, 0.717) is 23.3 Å². The van der Waals surface area contributed by atoms with Gasteiger partial charge in [-0.1, -0.05) is 6.92 Å². The molecule has 1 aromatic rings. The van der Waals surface area contributed by atoms with Crippen LogP contribution in [0.1, 0.15) is 19.4 Å². The van der Waals surface area contributed by atoms with Crippen LogP contribution in [0.25, 0.3) is 0 Å². The Hall–Kier alpha value is -1.53. The Morgan fingerprint density at radius 2 is 2.15 bits per heavy atom. The second-order valence-electron chi connectivity index (χ2n) is 6.55. The summed E-state index contributed by atoms with van der Waals surface area (Å²) in [5.74, 6) is 0.328. The third-order valence-corrected chi connectivity index (χ3v) is 4.58. The molecule has 2 unspecified atom stereocenters. The van der Waals surface area contributed by atoms with E-state index in [4.69, 9.17) is 0 Å². The lowest BCUT2D eigenvalue weighted by atomic mass is 9.93. The molecule has 1 aromatic heterocycles. The van der Waals surface area contributed by atoms with E-state index in [-0.39, 0.29) is 36.6 Å². The monoisotopic (exact) mass is 502 g/mol. The fourth-order valence-corrected chi connectivity index (χ4v) is 3.07. The van der Waals surface area contributed by atoms with Crippen LogP contribution in [-0.4, -0.2) is 77.7 Å². The maximum absolute atomic E-state index is 12.4. The van der Waals surface area contributed by atoms with Crippen molar-refractivity contribution in [1.29, 1.82) is 0 Å². The van der Waals surface area contributed by atoms with E-state index in [1.165, 1.54) is 0 Å². The Labute approximate surface area is 174 Å². The number of hydrogen-bond donors (Lipinski definition) is 1. The van der Waals surface area contributed by atoms with Gasteiger partial charge in [-0.3, -0.25) is 9.79 Å². The third kappa shape index (κ3) is 6.85. The van der Waals surface area contributed by atoms with Crippen LogP contribution in [0.2, 0.25) is 0 Å². The van der Waals surface area contributed by atoms with Gasteiger partial charge in [0.05, 0.1) is 18.9 Å². The zero-order valence-electron chi connectivity index (χ0n) is 15.6. The SMILES string of the molecule is CN=C(NCC(=O)N(C)CC(F)(F)F)N1CCC(C)C(n2ccnc2)C1.I. The lowest BCUT2D eigenvalue weighted by Crippen LogP contribution is -2.51. The number of guanidine groups is 1. The van der Waals surface area contributed by atoms with Crippen molar-refractivity contribution >= 4 is 35.8 Å². The molecule has 1 aliphatic rings. The van der Waals surface area contributed by atoms with Crippen molar-refractivity contribution in [3.8, 4) is 0 Å². The van der Waals surface area contributed by atoms with Crippen LogP contribution in [0, 0.1) is 5.92 Å². The molecule has 11 heteroatoms. The van der Waals surface area contributed by atoms with Crippen molar-refractivity contribution in [2.45, 2.75) is 25.6 Å². The molecule has 1 aliphatic heterocycles. The highest BCUT2D eigenvalue weighted by Gasteiger charge is 2.32. The van der Waals surface area contributed by atoms with Gasteiger partial charge in [0.15, 0.2) is 5.96 Å². The molecule has 1 N–H and O–H groups in total. The normalized spacial score (nSPS) is 20.8. The van der Waals surface area contributed by atoms with Crippen LogP contribution in [-0.2, 0) is 4.79 Å². The summed E-state index contributed by atoms with van der Waals surface area (Å²) >= 11 is 0. The first kappa shape index (κ1) is 23.5. The van der Waals surface area contributed by atoms with Gasteiger partial charge in [-0.2, -0.15) is 13.2 Å². The van der Waals surface area contributed by atoms with Crippen LogP contribution >= 0.6 is 24.0 Å². The van der Waals surface area contributed by atoms with Gasteiger partial charge in [0.2, 0.25) is 5.91 Å². The summed E-state index contributed by atoms with van der Waals surface area (Å²) < 4.78 is 39.2. The number of aromatic nitrogens is 2. The number of amides is 1. The number of hydrogen-bond acceptors (Lipinski definition) is 3. The van der Waals surface area contributed by atoms with Gasteiger partial charge in [0.1, 0.15) is 6.54 Å². The molecule has 2 rings (SSSR count). The second kappa shape index (κ2) is 10.1. The van der Waals surface area contributed by atoms with E-state index < -0.39 is 18.6 Å². The lowest BCUT2D eigenvalue weighted by Gasteiger charge is -2.39. The molecule has 1 fully saturated rings. The minimum absolute atomic E-state index is 0. The number of carbonyl (C=O) groups is 1. The van der Waals surface area contributed by atoms with Gasteiger partial charge < -0.3 is 19.7 Å². The van der Waals surface area contributed by atoms with Crippen molar-refractivity contribution in [2.24, 2.45) is 10.9 Å². The first-order chi connectivity index (χ1) is 12.2. The molecule has 0 bridgehead atoms. The maximum atomic E-state index is 12.4. The topological polar surface area (TPSA) is 65.8 Å². The lowest BCUT2D eigenvalue weighted by molar-refractivity contribution is -0.157. The summed E-state index contributed by atoms with van der Waals surface area (Å²) in [6, 6.07) is 0.216. The van der Waals surface area contributed by atoms with Crippen LogP contribution in [0.15, 0.2) is 23.7 Å². The number of aliphatic imine (C=N–C) groups is 1. The fraction of sp³-hybridized carbons (Fsp3) is 0.688. The number of likely N-dealkylation sites (tertiary alicyclic amines) is 1. The Morgan fingerprint density at radius 1 is 1.44 bits per heavy atom. The number of rotatable bonds is 4. The standard InChI is InChI=1S/C16H25F3N6O.HI/c1-12-4-6-24(9-13(12)25-7-5-21-11-25)15(20-2)22-8-14(26)23(3)10-16(17,18)19;/h5,7,11-13H,4,6,8-10H2,1-3H3,(H,20,22);1H. The number of nitrogens with one attached hydrogen (secondary N) is 1. The molecule has 27 heavy (non-hydrogen) atoms. The summed E-state index contributed by atoms with van der Waals surface area (Å²) in [4.78, 5) is 22.8. The molecule has 7 nitrogen and oxygen atoms in total. The molecule has 0 aromatic carbocycles. The van der Waals surface area contributed by atoms with Gasteiger partial charge in [0.25, 0.3) is 0 Å². The molecule has 2 atom stereocenters. The summed E-state index contributed by atoms with van der Waals surface area (Å²) in [7, 11) is 2.73. The van der Waals surface area contributed by atoms with Crippen molar-refractivity contribution in [2.75, 3.05) is 40.3 Å². The average molecular weight is 502 g/mol. The largest absolute Gasteiger partial charge is 0.406 e. The summed E-state index contributed by atoms with van der Waals surface area (Å²) in [6.45, 7) is 2.12. The predicted octanol–water partition coefficient (Wildman–Crippen LogP) is 1.98. The Bertz CT molecular complexity index is 622. The highest BCUT2D eigenvalue weighted by atomic mass is 127. The summed E-state index contributed by atoms with van der Waals surface area (Å²) in [5, 5.41) is 2.88. The van der Waals surface area contributed by atoms with E-state index in [2.05, 4.69) is 22.2 Å². The van der Waals surface area contributed by atoms with Gasteiger partial charge in [0, 0.05) is 39.6 Å². The molecular weight excluding hydrogens is 476 g/mol. The van der Waals surface area contributed by atoms with Crippen molar-refractivity contribution in [1.82, 2.24) is 24.7 Å². The molecular formula is C16H26F3IN6O. The van der Waals surface area contributed by atoms with E-state index in [0.717, 1.165) is 20.0 Å². The van der Waals surface area contributed by atoms with Crippen molar-refractivity contribution < 1.29 is 18.0 Å². The molecule has 1 amide bonds. The number of nitrogens with zero attached hydrogens (tertiary/aromatic N) is 5. The molecule has 0 spiro atoms. The van der Waals surface area contributed by atoms with Crippen LogP contribution in [0.3, 0.4) is 0 Å². The first-order valence-electron chi connectivity index (χ1n) is 8.45. The zero-order valence-corrected chi connectivity index (χ0v) is 17.9. The number of imidazole rings is 1. The molecule has 2 heterocycles. The van der Waals surface area contributed by atoms with Gasteiger partial charge in [-0.05, 0) is 12.3 Å². The first-order valence-corrected chi connectivity index (χ1v) is 8.45. The fourth-order valence-electron chi connectivity index (χ4n) is 3.07. The smallest absolute Gasteiger partial charge is 0.347 e. The highest BCUT2D eigenvalue weighted by Crippen LogP contribution is 2.27. The van der Waals surface area contributed by atoms with Gasteiger partial charge >= 0.3 is 6.18 Å². The summed E-state index contributed by atoms with van der Waals surface area (Å²) in [5.41, 5.74) is 0. The minimum Gasteiger partial charge on any atom is -0.347 e. The quantitative estimate of drug-likeness (QED) is 0.389. The van der Waals surface area contributed by atoms with Gasteiger partial charge in [-0.15, -0.1) is 24.0 Å². The molecule has 154 valence electrons. The van der Waals surface area contributed by atoms with Crippen LogP contribution in [0.4, 0.5) is 13.2 Å². The highest BCUT2D eigenvalue weighted by molar-refractivity contribution is 14.0. The molecule has 0 aliphatic carbocycles. The van der Waals surface area contributed by atoms with Crippen molar-refractivity contribution in [3.05, 3.63) is 18.7 Å². The number of likely N-dealkylation sites (N-methyl/N-ethyl adjacent to an activating group) is 1. The number of halogens is 4. The number of piperidine rings is 1. The van der Waals surface area contributed by atoms with E-state index in [1.807, 2.05) is 15.7 Å². The Balaban J connectivity index is 0.00000364. The van der Waals surface area contributed by atoms with E-state index >= 15 is 0 Å². The minimum atomic E-state index is -4.41. The molecule has 1 saturated heterocycles. The molecule has 0 saturated carbocycles. The van der Waals surface area contributed by atoms with Crippen LogP contribution in [0.5, 0.6) is 0 Å². The zero-order chi connectivity index (χ0) is 19.3. The number of alkyl halides is 3. The van der Waals surface area contributed by atoms with Gasteiger partial charge in [-0.25, -0.2) is 4.98 Å². The number of carbonyl (C=O) groups excluding carboxylic acids is 1. The molecule has 0 radical (unpaired) electrons. The third-order valence-electron chi connectivity index (χ3n) is 4.58.